The molecule has 0 bridgehead atoms. The zero-order valence-corrected chi connectivity index (χ0v) is 36.5. The normalized spacial score (nSPS) is 45.0. The van der Waals surface area contributed by atoms with E-state index in [0.29, 0.717) is 51.0 Å². The number of hydroxylamine groups is 1. The molecule has 6 rings (SSSR count). The molecular formula is C45H76N2O10. The number of carbonyl (C=O) groups is 2. The van der Waals surface area contributed by atoms with Crippen molar-refractivity contribution in [2.45, 2.75) is 218 Å². The molecule has 6 aliphatic rings. The Bertz CT molecular complexity index is 1440. The zero-order valence-electron chi connectivity index (χ0n) is 36.5. The Balaban J connectivity index is 1.20. The number of amides is 1. The molecule has 0 aromatic rings. The minimum atomic E-state index is -1.12. The summed E-state index contributed by atoms with van der Waals surface area (Å²) in [5.41, 5.74) is 0.321. The SMILES string of the molecule is CCC(C(=O)NO)[C@H]1CC[C@H](C)C([C@@H](C)[C@H](O)[C@H](C)C(=O)[C@H](CC)[C@H]2O[C@]3(C=C[C@@H](NC4CC4)[C@]4(CC[C@@](C)([C@H]5CC[C@](O)(CC)[C@H](C)O5)O4)O3)[C@H](C)C[C@@H]2C)O1. The predicted octanol–water partition coefficient (Wildman–Crippen LogP) is 6.37. The Morgan fingerprint density at radius 3 is 2.19 bits per heavy atom. The first-order valence-corrected chi connectivity index (χ1v) is 22.6. The van der Waals surface area contributed by atoms with Gasteiger partial charge in [0.1, 0.15) is 5.78 Å². The molecule has 4 saturated heterocycles. The Hall–Kier alpha value is -1.48. The van der Waals surface area contributed by atoms with E-state index in [-0.39, 0.29) is 59.9 Å². The Morgan fingerprint density at radius 1 is 0.877 bits per heavy atom. The van der Waals surface area contributed by atoms with Gasteiger partial charge in [0.2, 0.25) is 5.91 Å². The van der Waals surface area contributed by atoms with Crippen LogP contribution in [0, 0.1) is 41.4 Å². The molecule has 326 valence electrons. The number of aliphatic hydroxyl groups excluding tert-OH is 1. The van der Waals surface area contributed by atoms with Crippen molar-refractivity contribution >= 4 is 11.7 Å². The highest BCUT2D eigenvalue weighted by molar-refractivity contribution is 5.84. The Morgan fingerprint density at radius 2 is 1.58 bits per heavy atom. The highest BCUT2D eigenvalue weighted by Gasteiger charge is 2.63. The monoisotopic (exact) mass is 805 g/mol. The minimum Gasteiger partial charge on any atom is -0.392 e. The zero-order chi connectivity index (χ0) is 41.7. The number of nitrogens with one attached hydrogen (secondary N) is 2. The third kappa shape index (κ3) is 8.69. The number of hydrogen-bond acceptors (Lipinski definition) is 11. The third-order valence-corrected chi connectivity index (χ3v) is 15.6. The first kappa shape index (κ1) is 45.1. The lowest BCUT2D eigenvalue weighted by atomic mass is 9.72. The van der Waals surface area contributed by atoms with Crippen LogP contribution in [0.4, 0.5) is 0 Å². The van der Waals surface area contributed by atoms with E-state index in [4.69, 9.17) is 23.7 Å². The summed E-state index contributed by atoms with van der Waals surface area (Å²) in [6, 6.07) is 0.223. The van der Waals surface area contributed by atoms with Crippen molar-refractivity contribution in [1.82, 2.24) is 10.8 Å². The molecule has 5 N–H and O–H groups in total. The fourth-order valence-corrected chi connectivity index (χ4v) is 11.3. The van der Waals surface area contributed by atoms with Crippen molar-refractivity contribution < 1.29 is 48.7 Å². The van der Waals surface area contributed by atoms with Gasteiger partial charge >= 0.3 is 0 Å². The molecule has 57 heavy (non-hydrogen) atoms. The summed E-state index contributed by atoms with van der Waals surface area (Å²) >= 11 is 0. The molecule has 0 aromatic heterocycles. The number of ketones is 1. The standard InChI is InChI=1S/C45H76N2O10/c1-11-32(41(50)47-52)34-17-14-25(4)39(54-34)29(8)37(48)28(7)38(49)33(12-2)40-26(5)24-27(6)44(55-40)21-18-35(46-31-15-16-31)45(57-44)23-22-42(10,56-45)36-19-20-43(51,13-3)30(9)53-36/h18,21,25-37,39-40,46,48,51-52H,11-17,19-20,22-24H2,1-10H3,(H,47,50)/t25-,26-,27+,28-,29-,30-,32?,33-,34+,35+,36+,37+,39?,40-,42-,43+,44-,45-/m0/s1. The van der Waals surface area contributed by atoms with E-state index in [0.717, 1.165) is 32.1 Å². The average molecular weight is 805 g/mol. The lowest BCUT2D eigenvalue weighted by Gasteiger charge is -2.55. The van der Waals surface area contributed by atoms with Crippen LogP contribution >= 0.6 is 0 Å². The van der Waals surface area contributed by atoms with Crippen molar-refractivity contribution in [3.05, 3.63) is 12.2 Å². The van der Waals surface area contributed by atoms with Crippen LogP contribution in [0.5, 0.6) is 0 Å². The van der Waals surface area contributed by atoms with E-state index >= 15 is 0 Å². The summed E-state index contributed by atoms with van der Waals surface area (Å²) in [6.07, 6.45) is 10.6. The van der Waals surface area contributed by atoms with Gasteiger partial charge in [-0.2, -0.15) is 0 Å². The van der Waals surface area contributed by atoms with Crippen molar-refractivity contribution in [2.75, 3.05) is 0 Å². The van der Waals surface area contributed by atoms with Crippen LogP contribution in [-0.2, 0) is 33.3 Å². The van der Waals surface area contributed by atoms with Crippen LogP contribution in [0.1, 0.15) is 146 Å². The molecule has 1 amide bonds. The maximum absolute atomic E-state index is 14.6. The maximum Gasteiger partial charge on any atom is 0.249 e. The summed E-state index contributed by atoms with van der Waals surface area (Å²) < 4.78 is 34.8. The van der Waals surface area contributed by atoms with E-state index < -0.39 is 58.6 Å². The second-order valence-electron chi connectivity index (χ2n) is 19.5. The molecule has 1 aliphatic carbocycles. The average Bonchev–Trinajstić information content (AvgIpc) is 3.96. The second kappa shape index (κ2) is 17.5. The number of carbonyl (C=O) groups excluding carboxylic acids is 2. The number of hydrogen-bond donors (Lipinski definition) is 5. The van der Waals surface area contributed by atoms with Gasteiger partial charge in [0.15, 0.2) is 11.6 Å². The van der Waals surface area contributed by atoms with Gasteiger partial charge in [-0.25, -0.2) is 5.48 Å². The van der Waals surface area contributed by atoms with Crippen molar-refractivity contribution in [3.8, 4) is 0 Å². The van der Waals surface area contributed by atoms with Gasteiger partial charge in [-0.05, 0) is 102 Å². The topological polar surface area (TPSA) is 165 Å². The summed E-state index contributed by atoms with van der Waals surface area (Å²) in [6.45, 7) is 20.2. The number of ether oxygens (including phenoxy) is 5. The van der Waals surface area contributed by atoms with Gasteiger partial charge in [-0.1, -0.05) is 61.5 Å². The Kier molecular flexibility index (Phi) is 13.8. The Labute approximate surface area is 341 Å². The predicted molar refractivity (Wildman–Crippen MR) is 215 cm³/mol. The van der Waals surface area contributed by atoms with Gasteiger partial charge in [0, 0.05) is 36.1 Å². The van der Waals surface area contributed by atoms with Crippen molar-refractivity contribution in [2.24, 2.45) is 41.4 Å². The van der Waals surface area contributed by atoms with Crippen LogP contribution in [0.3, 0.4) is 0 Å². The van der Waals surface area contributed by atoms with Crippen molar-refractivity contribution in [3.63, 3.8) is 0 Å². The van der Waals surface area contributed by atoms with E-state index in [2.05, 4.69) is 45.2 Å². The summed E-state index contributed by atoms with van der Waals surface area (Å²) in [7, 11) is 0. The molecule has 18 atom stereocenters. The van der Waals surface area contributed by atoms with Crippen LogP contribution < -0.4 is 10.8 Å². The highest BCUT2D eigenvalue weighted by atomic mass is 16.8. The molecule has 2 spiro atoms. The smallest absolute Gasteiger partial charge is 0.249 e. The van der Waals surface area contributed by atoms with Crippen LogP contribution in [0.2, 0.25) is 0 Å². The molecule has 12 nitrogen and oxygen atoms in total. The fraction of sp³-hybridized carbons (Fsp3) is 0.911. The fourth-order valence-electron chi connectivity index (χ4n) is 11.3. The first-order valence-electron chi connectivity index (χ1n) is 22.6. The highest BCUT2D eigenvalue weighted by Crippen LogP contribution is 2.54. The molecule has 1 saturated carbocycles. The summed E-state index contributed by atoms with van der Waals surface area (Å²) in [5, 5.41) is 36.2. The number of Topliss-reactive ketones (excluding diaryl/α,β-unsaturated/α-hetero) is 1. The largest absolute Gasteiger partial charge is 0.392 e. The molecular weight excluding hydrogens is 728 g/mol. The molecule has 2 unspecified atom stereocenters. The van der Waals surface area contributed by atoms with E-state index in [9.17, 15) is 25.0 Å². The molecule has 0 radical (unpaired) electrons. The second-order valence-corrected chi connectivity index (χ2v) is 19.5. The van der Waals surface area contributed by atoms with Gasteiger partial charge in [-0.3, -0.25) is 14.8 Å². The molecule has 5 fully saturated rings. The van der Waals surface area contributed by atoms with Crippen LogP contribution in [0.15, 0.2) is 12.2 Å². The van der Waals surface area contributed by atoms with Crippen LogP contribution in [0.25, 0.3) is 0 Å². The van der Waals surface area contributed by atoms with E-state index in [1.54, 1.807) is 5.48 Å². The van der Waals surface area contributed by atoms with Gasteiger partial charge in [-0.15, -0.1) is 0 Å². The lowest BCUT2D eigenvalue weighted by Crippen LogP contribution is -2.65. The van der Waals surface area contributed by atoms with Crippen molar-refractivity contribution in [1.29, 1.82) is 0 Å². The summed E-state index contributed by atoms with van der Waals surface area (Å²) in [4.78, 5) is 27.1. The van der Waals surface area contributed by atoms with Gasteiger partial charge in [0.05, 0.1) is 59.8 Å². The van der Waals surface area contributed by atoms with E-state index in [1.807, 2.05) is 41.5 Å². The molecule has 5 aliphatic heterocycles. The first-order chi connectivity index (χ1) is 26.9. The molecule has 0 aromatic carbocycles. The van der Waals surface area contributed by atoms with Gasteiger partial charge in [0.25, 0.3) is 0 Å². The summed E-state index contributed by atoms with van der Waals surface area (Å²) in [5.74, 6) is -4.48. The van der Waals surface area contributed by atoms with Gasteiger partial charge < -0.3 is 39.2 Å². The minimum absolute atomic E-state index is 0.0203. The maximum atomic E-state index is 14.6. The number of aliphatic hydroxyl groups is 2. The lowest BCUT2D eigenvalue weighted by molar-refractivity contribution is -0.398. The third-order valence-electron chi connectivity index (χ3n) is 15.6. The molecule has 12 heteroatoms. The molecule has 5 heterocycles. The van der Waals surface area contributed by atoms with E-state index in [1.165, 1.54) is 0 Å². The number of rotatable bonds is 14. The van der Waals surface area contributed by atoms with Crippen LogP contribution in [-0.4, -0.2) is 98.6 Å². The quantitative estimate of drug-likeness (QED) is 0.0753.